The minimum Gasteiger partial charge on any atom is -0.462 e. The van der Waals surface area contributed by atoms with Gasteiger partial charge in [0.1, 0.15) is 13.2 Å². The van der Waals surface area contributed by atoms with E-state index in [1.165, 1.54) is 38.5 Å². The molecule has 0 aliphatic heterocycles. The highest BCUT2D eigenvalue weighted by Gasteiger charge is 2.19. The summed E-state index contributed by atoms with van der Waals surface area (Å²) in [5, 5.41) is 0. The van der Waals surface area contributed by atoms with Crippen LogP contribution in [0.1, 0.15) is 207 Å². The molecule has 0 heterocycles. The number of hydrogen-bond acceptors (Lipinski definition) is 6. The lowest BCUT2D eigenvalue weighted by Crippen LogP contribution is -2.30. The van der Waals surface area contributed by atoms with Crippen LogP contribution in [0.5, 0.6) is 0 Å². The van der Waals surface area contributed by atoms with Crippen molar-refractivity contribution in [1.82, 2.24) is 0 Å². The van der Waals surface area contributed by atoms with Crippen LogP contribution in [0.15, 0.2) is 97.2 Å². The summed E-state index contributed by atoms with van der Waals surface area (Å²) in [5.41, 5.74) is 0. The van der Waals surface area contributed by atoms with E-state index in [1.807, 2.05) is 6.08 Å². The molecule has 6 nitrogen and oxygen atoms in total. The van der Waals surface area contributed by atoms with Crippen molar-refractivity contribution in [2.24, 2.45) is 0 Å². The second kappa shape index (κ2) is 48.0. The SMILES string of the molecule is CC/C=C/C=C/C=C/CCCCCCCC(=O)OC(COC(=O)CCCCC/C=C/C/C=C/C/C=C/C/C=C/CC)COC(=O)CCCCC/C=C/CCCCCCCC. The number of allylic oxidation sites excluding steroid dienone is 16. The minimum absolute atomic E-state index is 0.106. The Bertz CT molecular complexity index is 1230. The van der Waals surface area contributed by atoms with Gasteiger partial charge in [-0.1, -0.05) is 182 Å². The first-order valence-electron chi connectivity index (χ1n) is 24.3. The van der Waals surface area contributed by atoms with E-state index in [0.717, 1.165) is 128 Å². The maximum absolute atomic E-state index is 12.7. The molecule has 0 saturated heterocycles. The molecule has 0 rings (SSSR count). The Hall–Kier alpha value is -3.67. The monoisotopic (exact) mass is 833 g/mol. The fourth-order valence-corrected chi connectivity index (χ4v) is 6.25. The summed E-state index contributed by atoms with van der Waals surface area (Å²) in [6, 6.07) is 0. The molecule has 0 aromatic rings. The number of hydrogen-bond donors (Lipinski definition) is 0. The fourth-order valence-electron chi connectivity index (χ4n) is 6.25. The van der Waals surface area contributed by atoms with Gasteiger partial charge in [0.05, 0.1) is 0 Å². The number of esters is 3. The first kappa shape index (κ1) is 56.3. The van der Waals surface area contributed by atoms with Gasteiger partial charge >= 0.3 is 17.9 Å². The fraction of sp³-hybridized carbons (Fsp3) is 0.648. The molecule has 0 aliphatic rings. The highest BCUT2D eigenvalue weighted by molar-refractivity contribution is 5.71. The average molecular weight is 833 g/mol. The highest BCUT2D eigenvalue weighted by Crippen LogP contribution is 2.12. The molecule has 0 bridgehead atoms. The molecule has 0 fully saturated rings. The first-order valence-corrected chi connectivity index (χ1v) is 24.3. The van der Waals surface area contributed by atoms with Crippen molar-refractivity contribution in [3.8, 4) is 0 Å². The quantitative estimate of drug-likeness (QED) is 0.0200. The zero-order valence-electron chi connectivity index (χ0n) is 38.7. The van der Waals surface area contributed by atoms with Crippen molar-refractivity contribution in [3.05, 3.63) is 97.2 Å². The second-order valence-corrected chi connectivity index (χ2v) is 15.7. The maximum atomic E-state index is 12.7. The van der Waals surface area contributed by atoms with Crippen LogP contribution in [0.4, 0.5) is 0 Å². The normalized spacial score (nSPS) is 12.9. The number of rotatable bonds is 42. The summed E-state index contributed by atoms with van der Waals surface area (Å²) in [5.74, 6) is -0.980. The molecule has 340 valence electrons. The van der Waals surface area contributed by atoms with Gasteiger partial charge in [0.15, 0.2) is 6.10 Å². The molecule has 0 amide bonds. The minimum atomic E-state index is -0.807. The van der Waals surface area contributed by atoms with E-state index in [2.05, 4.69) is 112 Å². The van der Waals surface area contributed by atoms with Gasteiger partial charge in [0, 0.05) is 19.3 Å². The third-order valence-corrected chi connectivity index (χ3v) is 9.86. The Labute approximate surface area is 368 Å². The third-order valence-electron chi connectivity index (χ3n) is 9.86. The lowest BCUT2D eigenvalue weighted by atomic mass is 10.1. The lowest BCUT2D eigenvalue weighted by Gasteiger charge is -2.18. The van der Waals surface area contributed by atoms with Crippen LogP contribution in [-0.2, 0) is 28.6 Å². The van der Waals surface area contributed by atoms with E-state index >= 15 is 0 Å². The average Bonchev–Trinajstić information content (AvgIpc) is 3.24. The lowest BCUT2D eigenvalue weighted by molar-refractivity contribution is -0.167. The Morgan fingerprint density at radius 3 is 1.23 bits per heavy atom. The molecule has 1 unspecified atom stereocenters. The third kappa shape index (κ3) is 45.4. The molecule has 60 heavy (non-hydrogen) atoms. The summed E-state index contributed by atoms with van der Waals surface area (Å²) < 4.78 is 16.7. The van der Waals surface area contributed by atoms with E-state index in [-0.39, 0.29) is 31.1 Å². The summed E-state index contributed by atoms with van der Waals surface area (Å²) in [6.45, 7) is 6.30. The van der Waals surface area contributed by atoms with E-state index in [9.17, 15) is 14.4 Å². The van der Waals surface area contributed by atoms with Crippen LogP contribution >= 0.6 is 0 Å². The van der Waals surface area contributed by atoms with Crippen LogP contribution in [0.3, 0.4) is 0 Å². The van der Waals surface area contributed by atoms with E-state index < -0.39 is 6.10 Å². The van der Waals surface area contributed by atoms with Gasteiger partial charge < -0.3 is 14.2 Å². The van der Waals surface area contributed by atoms with Gasteiger partial charge in [-0.05, 0) is 103 Å². The Morgan fingerprint density at radius 1 is 0.367 bits per heavy atom. The van der Waals surface area contributed by atoms with Crippen LogP contribution in [0.2, 0.25) is 0 Å². The maximum Gasteiger partial charge on any atom is 0.306 e. The van der Waals surface area contributed by atoms with E-state index in [1.54, 1.807) is 0 Å². The first-order chi connectivity index (χ1) is 29.5. The predicted molar refractivity (Wildman–Crippen MR) is 256 cm³/mol. The van der Waals surface area contributed by atoms with Gasteiger partial charge in [-0.15, -0.1) is 0 Å². The molecular formula is C54H88O6. The topological polar surface area (TPSA) is 78.9 Å². The summed E-state index contributed by atoms with van der Waals surface area (Å²) >= 11 is 0. The zero-order valence-corrected chi connectivity index (χ0v) is 38.7. The summed E-state index contributed by atoms with van der Waals surface area (Å²) in [7, 11) is 0. The molecule has 1 atom stereocenters. The molecular weight excluding hydrogens is 745 g/mol. The highest BCUT2D eigenvalue weighted by atomic mass is 16.6. The second-order valence-electron chi connectivity index (χ2n) is 15.7. The molecule has 0 radical (unpaired) electrons. The number of ether oxygens (including phenoxy) is 3. The van der Waals surface area contributed by atoms with Crippen molar-refractivity contribution < 1.29 is 28.6 Å². The van der Waals surface area contributed by atoms with Crippen LogP contribution in [0.25, 0.3) is 0 Å². The standard InChI is InChI=1S/C54H88O6/c1-4-7-10-13-16-19-22-25-26-27-30-32-35-38-41-44-47-53(56)59-50-51(60-54(57)48-45-42-39-36-33-29-24-21-18-15-12-9-6-3)49-58-52(55)46-43-40-37-34-31-28-23-20-17-14-11-8-5-2/h7,9-10,12,15-16,18-19,21,24-26,28,30-32,51H,4-6,8,11,13-14,17,20,22-23,27,29,33-50H2,1-3H3/b10-7+,12-9+,18-15+,19-16+,24-21+,26-25+,31-28+,32-30+. The van der Waals surface area contributed by atoms with Crippen LogP contribution in [0, 0.1) is 0 Å². The van der Waals surface area contributed by atoms with Crippen molar-refractivity contribution in [3.63, 3.8) is 0 Å². The largest absolute Gasteiger partial charge is 0.462 e. The molecule has 0 aromatic carbocycles. The van der Waals surface area contributed by atoms with Gasteiger partial charge in [-0.2, -0.15) is 0 Å². The molecule has 0 aliphatic carbocycles. The van der Waals surface area contributed by atoms with Crippen LogP contribution in [-0.4, -0.2) is 37.2 Å². The van der Waals surface area contributed by atoms with E-state index in [4.69, 9.17) is 14.2 Å². The predicted octanol–water partition coefficient (Wildman–Crippen LogP) is 15.8. The van der Waals surface area contributed by atoms with Crippen molar-refractivity contribution >= 4 is 17.9 Å². The molecule has 0 saturated carbocycles. The van der Waals surface area contributed by atoms with Crippen molar-refractivity contribution in [1.29, 1.82) is 0 Å². The molecule has 6 heteroatoms. The van der Waals surface area contributed by atoms with Gasteiger partial charge in [0.2, 0.25) is 0 Å². The Kier molecular flexibility index (Phi) is 45.1. The van der Waals surface area contributed by atoms with Crippen molar-refractivity contribution in [2.45, 2.75) is 213 Å². The Balaban J connectivity index is 4.50. The number of carbonyl (C=O) groups excluding carboxylic acids is 3. The molecule has 0 N–H and O–H groups in total. The van der Waals surface area contributed by atoms with Crippen molar-refractivity contribution in [2.75, 3.05) is 13.2 Å². The number of unbranched alkanes of at least 4 members (excludes halogenated alkanes) is 17. The molecule has 0 spiro atoms. The molecule has 0 aromatic heterocycles. The summed E-state index contributed by atoms with van der Waals surface area (Å²) in [6.07, 6.45) is 62.5. The van der Waals surface area contributed by atoms with Crippen LogP contribution < -0.4 is 0 Å². The van der Waals surface area contributed by atoms with Gasteiger partial charge in [-0.3, -0.25) is 14.4 Å². The smallest absolute Gasteiger partial charge is 0.306 e. The zero-order chi connectivity index (χ0) is 43.7. The Morgan fingerprint density at radius 2 is 0.733 bits per heavy atom. The number of carbonyl (C=O) groups is 3. The van der Waals surface area contributed by atoms with E-state index in [0.29, 0.717) is 19.3 Å². The summed E-state index contributed by atoms with van der Waals surface area (Å²) in [4.78, 5) is 37.9. The van der Waals surface area contributed by atoms with Gasteiger partial charge in [-0.25, -0.2) is 0 Å². The van der Waals surface area contributed by atoms with Gasteiger partial charge in [0.25, 0.3) is 0 Å².